The summed E-state index contributed by atoms with van der Waals surface area (Å²) >= 11 is 0. The van der Waals surface area contributed by atoms with Crippen molar-refractivity contribution in [1.82, 2.24) is 0 Å². The van der Waals surface area contributed by atoms with Gasteiger partial charge in [-0.05, 0) is 0 Å². The fraction of sp³-hybridized carbons (Fsp3) is 0. The molecule has 0 aromatic rings. The fourth-order valence-electron chi connectivity index (χ4n) is 0. The molecule has 5 nitrogen and oxygen atoms in total. The van der Waals surface area contributed by atoms with Crippen molar-refractivity contribution in [3.05, 3.63) is 0 Å². The zero-order valence-corrected chi connectivity index (χ0v) is 5.71. The van der Waals surface area contributed by atoms with Gasteiger partial charge in [0.1, 0.15) is 0 Å². The average Bonchev–Trinajstić information content (AvgIpc) is 0.722. The van der Waals surface area contributed by atoms with Crippen LogP contribution in [-0.4, -0.2) is 5.48 Å². The van der Waals surface area contributed by atoms with Crippen LogP contribution in [0.4, 0.5) is 0 Å². The summed E-state index contributed by atoms with van der Waals surface area (Å²) < 4.78 is 8.55. The zero-order chi connectivity index (χ0) is 4.50. The van der Waals surface area contributed by atoms with Crippen LogP contribution in [-0.2, 0) is 4.57 Å². The summed E-state index contributed by atoms with van der Waals surface area (Å²) in [5, 5.41) is 0. The van der Waals surface area contributed by atoms with Crippen LogP contribution >= 0.6 is 7.82 Å². The maximum Gasteiger partial charge on any atom is 3.00 e. The molecule has 0 aromatic carbocycles. The van der Waals surface area contributed by atoms with Crippen LogP contribution in [0.2, 0.25) is 0 Å². The van der Waals surface area contributed by atoms with Gasteiger partial charge in [-0.25, -0.2) is 0 Å². The molecule has 0 saturated carbocycles. The van der Waals surface area contributed by atoms with Crippen molar-refractivity contribution in [3.63, 3.8) is 0 Å². The predicted octanol–water partition coefficient (Wildman–Crippen LogP) is -3.65. The van der Waals surface area contributed by atoms with Crippen LogP contribution < -0.4 is 14.7 Å². The van der Waals surface area contributed by atoms with Crippen molar-refractivity contribution in [1.29, 1.82) is 0 Å². The molecule has 0 aromatic heterocycles. The predicted molar refractivity (Wildman–Crippen MR) is 11.2 cm³/mol. The Morgan fingerprint density at radius 3 is 1.14 bits per heavy atom. The minimum absolute atomic E-state index is 0. The first-order chi connectivity index (χ1) is 2.00. The van der Waals surface area contributed by atoms with Gasteiger partial charge in [0.05, 0.1) is 0 Å². The van der Waals surface area contributed by atoms with E-state index in [0.29, 0.717) is 0 Å². The Hall–Kier alpha value is 1.33. The van der Waals surface area contributed by atoms with Crippen molar-refractivity contribution in [3.8, 4) is 0 Å². The second-order valence-electron chi connectivity index (χ2n) is 0.447. The topological polar surface area (TPSA) is 118 Å². The third-order valence-electron chi connectivity index (χ3n) is 0. The molecule has 7 heteroatoms. The summed E-state index contributed by atoms with van der Waals surface area (Å²) in [6.07, 6.45) is 0. The molecule has 0 saturated heterocycles. The van der Waals surface area contributed by atoms with E-state index in [0.717, 1.165) is 0 Å². The Balaban J connectivity index is -0.0000000800. The molecule has 0 amide bonds. The van der Waals surface area contributed by atoms with Gasteiger partial charge in [0, 0.05) is 0 Å². The van der Waals surface area contributed by atoms with E-state index in [9.17, 15) is 0 Å². The molecule has 0 heterocycles. The second-order valence-corrected chi connectivity index (χ2v) is 1.34. The molecule has 0 spiro atoms. The van der Waals surface area contributed by atoms with Crippen LogP contribution in [0.15, 0.2) is 0 Å². The molecule has 0 aliphatic rings. The van der Waals surface area contributed by atoms with E-state index in [-0.39, 0.29) is 43.2 Å². The Morgan fingerprint density at radius 2 is 1.14 bits per heavy atom. The van der Waals surface area contributed by atoms with E-state index < -0.39 is 7.82 Å². The SMILES string of the molecule is O.O=P([O-])([O-])[O-].[Ho+3]. The van der Waals surface area contributed by atoms with E-state index in [1.165, 1.54) is 0 Å². The van der Waals surface area contributed by atoms with Crippen LogP contribution in [0.5, 0.6) is 0 Å². The smallest absolute Gasteiger partial charge is 0.822 e. The molecule has 0 fully saturated rings. The Kier molecular flexibility index (Phi) is 12.3. The van der Waals surface area contributed by atoms with E-state index in [2.05, 4.69) is 0 Å². The Labute approximate surface area is 69.9 Å². The first-order valence-corrected chi connectivity index (χ1v) is 2.19. The van der Waals surface area contributed by atoms with Gasteiger partial charge in [-0.15, -0.1) is 0 Å². The van der Waals surface area contributed by atoms with Gasteiger partial charge in [0.25, 0.3) is 0 Å². The molecule has 0 radical (unpaired) electrons. The summed E-state index contributed by atoms with van der Waals surface area (Å²) in [5.74, 6) is 0. The maximum absolute atomic E-state index is 8.55. The molecular formula is H2HoO5P. The molecule has 2 N–H and O–H groups in total. The summed E-state index contributed by atoms with van der Waals surface area (Å²) in [6, 6.07) is 0. The minimum Gasteiger partial charge on any atom is -0.822 e. The van der Waals surface area contributed by atoms with Crippen molar-refractivity contribution < 1.29 is 62.5 Å². The number of rotatable bonds is 0. The van der Waals surface area contributed by atoms with Crippen LogP contribution in [0.25, 0.3) is 0 Å². The maximum atomic E-state index is 8.55. The van der Waals surface area contributed by atoms with Gasteiger partial charge in [0.2, 0.25) is 0 Å². The van der Waals surface area contributed by atoms with E-state index in [4.69, 9.17) is 19.2 Å². The summed E-state index contributed by atoms with van der Waals surface area (Å²) in [6.45, 7) is 0. The van der Waals surface area contributed by atoms with Crippen molar-refractivity contribution in [2.24, 2.45) is 0 Å². The first kappa shape index (κ1) is 15.8. The number of hydrogen-bond donors (Lipinski definition) is 0. The van der Waals surface area contributed by atoms with Crippen LogP contribution in [0, 0.1) is 37.7 Å². The van der Waals surface area contributed by atoms with Crippen LogP contribution in [0.3, 0.4) is 0 Å². The molecular weight excluding hydrogens is 276 g/mol. The molecule has 0 aliphatic carbocycles. The molecule has 0 aliphatic heterocycles. The van der Waals surface area contributed by atoms with Crippen molar-refractivity contribution in [2.45, 2.75) is 0 Å². The van der Waals surface area contributed by atoms with Gasteiger partial charge in [0.15, 0.2) is 0 Å². The van der Waals surface area contributed by atoms with Crippen molar-refractivity contribution >= 4 is 7.82 Å². The monoisotopic (exact) mass is 278 g/mol. The van der Waals surface area contributed by atoms with Gasteiger partial charge in [-0.1, -0.05) is 0 Å². The Bertz CT molecular complexity index is 54.2. The van der Waals surface area contributed by atoms with Crippen molar-refractivity contribution in [2.75, 3.05) is 0 Å². The minimum atomic E-state index is -5.39. The molecule has 0 bridgehead atoms. The second kappa shape index (κ2) is 5.47. The molecule has 7 heavy (non-hydrogen) atoms. The van der Waals surface area contributed by atoms with E-state index >= 15 is 0 Å². The largest absolute Gasteiger partial charge is 3.00 e. The zero-order valence-electron chi connectivity index (χ0n) is 2.88. The molecule has 0 unspecified atom stereocenters. The summed E-state index contributed by atoms with van der Waals surface area (Å²) in [7, 11) is -5.39. The van der Waals surface area contributed by atoms with Gasteiger partial charge in [-0.2, -0.15) is 7.82 Å². The summed E-state index contributed by atoms with van der Waals surface area (Å²) in [5.41, 5.74) is 0. The summed E-state index contributed by atoms with van der Waals surface area (Å²) in [4.78, 5) is 25.6. The molecule has 48 valence electrons. The third kappa shape index (κ3) is 118. The first-order valence-electron chi connectivity index (χ1n) is 0.730. The number of phosphoric acid groups is 1. The Morgan fingerprint density at radius 1 is 1.14 bits per heavy atom. The van der Waals surface area contributed by atoms with Gasteiger partial charge in [-0.3, -0.25) is 0 Å². The normalized spacial score (nSPS) is 8.43. The van der Waals surface area contributed by atoms with Gasteiger partial charge < -0.3 is 24.7 Å². The van der Waals surface area contributed by atoms with Gasteiger partial charge >= 0.3 is 37.7 Å². The molecule has 0 rings (SSSR count). The average molecular weight is 278 g/mol. The quantitative estimate of drug-likeness (QED) is 0.335. The van der Waals surface area contributed by atoms with E-state index in [1.807, 2.05) is 0 Å². The van der Waals surface area contributed by atoms with Crippen LogP contribution in [0.1, 0.15) is 0 Å². The fourth-order valence-corrected chi connectivity index (χ4v) is 0. The third-order valence-corrected chi connectivity index (χ3v) is 0. The van der Waals surface area contributed by atoms with E-state index in [1.54, 1.807) is 0 Å². The number of hydrogen-bond acceptors (Lipinski definition) is 4. The standard InChI is InChI=1S/Ho.H3O4P.H2O/c;1-5(2,3)4;/h;(H3,1,2,3,4);1H2/q+3;;/p-3. The molecule has 0 atom stereocenters.